The first-order valence-corrected chi connectivity index (χ1v) is 10.6. The van der Waals surface area contributed by atoms with E-state index in [1.165, 1.54) is 7.11 Å². The molecule has 0 saturated heterocycles. The third kappa shape index (κ3) is 4.72. The third-order valence-corrected chi connectivity index (χ3v) is 5.38. The highest BCUT2D eigenvalue weighted by Gasteiger charge is 2.22. The standard InChI is InChI=1S/C25H21ClN4O4/c1-33-17-12-13-19(22(14-17)34-2)23-20(15-30(29-23)16-8-4-3-5-9-16)25(32)28-27-24(31)18-10-6-7-11-21(18)26/h3-15H,1-2H3,(H,27,31)(H,28,32). The van der Waals surface area contributed by atoms with Crippen LogP contribution in [0.3, 0.4) is 0 Å². The minimum atomic E-state index is -0.560. The van der Waals surface area contributed by atoms with Crippen LogP contribution in [0.2, 0.25) is 5.02 Å². The first kappa shape index (κ1) is 22.9. The molecule has 0 bridgehead atoms. The number of amides is 2. The van der Waals surface area contributed by atoms with E-state index in [0.717, 1.165) is 5.69 Å². The Labute approximate surface area is 201 Å². The predicted molar refractivity (Wildman–Crippen MR) is 128 cm³/mol. The number of aromatic nitrogens is 2. The lowest BCUT2D eigenvalue weighted by atomic mass is 10.1. The first-order valence-electron chi connectivity index (χ1n) is 10.2. The Balaban J connectivity index is 1.70. The molecule has 1 aromatic heterocycles. The van der Waals surface area contributed by atoms with E-state index in [2.05, 4.69) is 16.0 Å². The summed E-state index contributed by atoms with van der Waals surface area (Å²) in [6, 6.07) is 21.1. The van der Waals surface area contributed by atoms with Crippen molar-refractivity contribution in [1.82, 2.24) is 20.6 Å². The number of hydrogen-bond acceptors (Lipinski definition) is 5. The van der Waals surface area contributed by atoms with Crippen LogP contribution >= 0.6 is 11.6 Å². The number of benzene rings is 3. The normalized spacial score (nSPS) is 10.4. The Hall–Kier alpha value is -4.30. The molecule has 0 atom stereocenters. The molecule has 2 amide bonds. The number of rotatable bonds is 6. The Kier molecular flexibility index (Phi) is 6.79. The second kappa shape index (κ2) is 10.1. The van der Waals surface area contributed by atoms with Crippen molar-refractivity contribution in [3.63, 3.8) is 0 Å². The van der Waals surface area contributed by atoms with Gasteiger partial charge in [-0.3, -0.25) is 20.4 Å². The van der Waals surface area contributed by atoms with E-state index in [1.807, 2.05) is 30.3 Å². The molecule has 0 unspecified atom stereocenters. The molecule has 0 saturated carbocycles. The van der Waals surface area contributed by atoms with Gasteiger partial charge in [-0.05, 0) is 36.4 Å². The molecular weight excluding hydrogens is 456 g/mol. The largest absolute Gasteiger partial charge is 0.497 e. The van der Waals surface area contributed by atoms with Gasteiger partial charge in [0.1, 0.15) is 17.2 Å². The van der Waals surface area contributed by atoms with Crippen LogP contribution in [0.15, 0.2) is 79.0 Å². The number of ether oxygens (including phenoxy) is 2. The number of hydrazine groups is 1. The molecule has 9 heteroatoms. The molecule has 0 aliphatic carbocycles. The van der Waals surface area contributed by atoms with Gasteiger partial charge in [-0.2, -0.15) is 5.10 Å². The van der Waals surface area contributed by atoms with Gasteiger partial charge >= 0.3 is 0 Å². The SMILES string of the molecule is COc1ccc(-c2nn(-c3ccccc3)cc2C(=O)NNC(=O)c2ccccc2Cl)c(OC)c1. The Bertz CT molecular complexity index is 1340. The molecule has 0 fully saturated rings. The second-order valence-corrected chi connectivity index (χ2v) is 7.53. The maximum atomic E-state index is 13.1. The third-order valence-electron chi connectivity index (χ3n) is 5.05. The van der Waals surface area contributed by atoms with Crippen molar-refractivity contribution in [2.45, 2.75) is 0 Å². The number of nitrogens with zero attached hydrogens (tertiary/aromatic N) is 2. The average Bonchev–Trinajstić information content (AvgIpc) is 3.33. The summed E-state index contributed by atoms with van der Waals surface area (Å²) >= 11 is 6.07. The fourth-order valence-electron chi connectivity index (χ4n) is 3.34. The van der Waals surface area contributed by atoms with Crippen molar-refractivity contribution in [3.8, 4) is 28.4 Å². The zero-order valence-electron chi connectivity index (χ0n) is 18.4. The van der Waals surface area contributed by atoms with Crippen molar-refractivity contribution in [2.75, 3.05) is 14.2 Å². The minimum Gasteiger partial charge on any atom is -0.497 e. The Morgan fingerprint density at radius 1 is 0.853 bits per heavy atom. The van der Waals surface area contributed by atoms with E-state index < -0.39 is 11.8 Å². The predicted octanol–water partition coefficient (Wildman–Crippen LogP) is 4.28. The number of hydrogen-bond donors (Lipinski definition) is 2. The molecule has 1 heterocycles. The van der Waals surface area contributed by atoms with Gasteiger partial charge < -0.3 is 9.47 Å². The van der Waals surface area contributed by atoms with E-state index in [0.29, 0.717) is 22.8 Å². The molecule has 0 radical (unpaired) electrons. The topological polar surface area (TPSA) is 94.5 Å². The summed E-state index contributed by atoms with van der Waals surface area (Å²) < 4.78 is 12.4. The molecule has 8 nitrogen and oxygen atoms in total. The average molecular weight is 477 g/mol. The highest BCUT2D eigenvalue weighted by molar-refractivity contribution is 6.33. The van der Waals surface area contributed by atoms with Crippen LogP contribution in [0.4, 0.5) is 0 Å². The van der Waals surface area contributed by atoms with Gasteiger partial charge in [0.05, 0.1) is 36.1 Å². The number of halogens is 1. The fourth-order valence-corrected chi connectivity index (χ4v) is 3.56. The van der Waals surface area contributed by atoms with Crippen LogP contribution in [0, 0.1) is 0 Å². The summed E-state index contributed by atoms with van der Waals surface area (Å²) in [7, 11) is 3.08. The molecule has 34 heavy (non-hydrogen) atoms. The van der Waals surface area contributed by atoms with Gasteiger partial charge in [-0.15, -0.1) is 0 Å². The maximum Gasteiger partial charge on any atom is 0.273 e. The Morgan fingerprint density at radius 2 is 1.53 bits per heavy atom. The molecule has 0 aliphatic heterocycles. The first-order chi connectivity index (χ1) is 16.5. The van der Waals surface area contributed by atoms with Crippen LogP contribution in [-0.2, 0) is 0 Å². The molecule has 3 aromatic carbocycles. The van der Waals surface area contributed by atoms with E-state index in [-0.39, 0.29) is 16.1 Å². The minimum absolute atomic E-state index is 0.228. The molecule has 2 N–H and O–H groups in total. The lowest BCUT2D eigenvalue weighted by molar-refractivity contribution is 0.0847. The number of carbonyl (C=O) groups excluding carboxylic acids is 2. The van der Waals surface area contributed by atoms with E-state index >= 15 is 0 Å². The van der Waals surface area contributed by atoms with Crippen molar-refractivity contribution < 1.29 is 19.1 Å². The summed E-state index contributed by atoms with van der Waals surface area (Å²) in [6.45, 7) is 0. The molecule has 0 spiro atoms. The van der Waals surface area contributed by atoms with Crippen molar-refractivity contribution in [3.05, 3.63) is 95.1 Å². The monoisotopic (exact) mass is 476 g/mol. The van der Waals surface area contributed by atoms with E-state index in [1.54, 1.807) is 60.5 Å². The lowest BCUT2D eigenvalue weighted by Gasteiger charge is -2.11. The lowest BCUT2D eigenvalue weighted by Crippen LogP contribution is -2.41. The smallest absolute Gasteiger partial charge is 0.273 e. The number of nitrogens with one attached hydrogen (secondary N) is 2. The van der Waals surface area contributed by atoms with Crippen molar-refractivity contribution in [2.24, 2.45) is 0 Å². The summed E-state index contributed by atoms with van der Waals surface area (Å²) in [5, 5.41) is 4.91. The summed E-state index contributed by atoms with van der Waals surface area (Å²) in [5.41, 5.74) is 7.02. The maximum absolute atomic E-state index is 13.1. The molecular formula is C25H21ClN4O4. The fraction of sp³-hybridized carbons (Fsp3) is 0.0800. The summed E-state index contributed by atoms with van der Waals surface area (Å²) in [5.74, 6) is -0.0265. The van der Waals surface area contributed by atoms with Crippen LogP contribution in [0.25, 0.3) is 16.9 Å². The highest BCUT2D eigenvalue weighted by atomic mass is 35.5. The van der Waals surface area contributed by atoms with Crippen LogP contribution in [0.1, 0.15) is 20.7 Å². The zero-order chi connectivity index (χ0) is 24.1. The highest BCUT2D eigenvalue weighted by Crippen LogP contribution is 2.34. The summed E-state index contributed by atoms with van der Waals surface area (Å²) in [6.07, 6.45) is 1.59. The van der Waals surface area contributed by atoms with Gasteiger partial charge in [-0.1, -0.05) is 41.9 Å². The van der Waals surface area contributed by atoms with E-state index in [4.69, 9.17) is 21.1 Å². The number of methoxy groups -OCH3 is 2. The van der Waals surface area contributed by atoms with Gasteiger partial charge in [0.15, 0.2) is 0 Å². The van der Waals surface area contributed by atoms with Crippen molar-refractivity contribution >= 4 is 23.4 Å². The van der Waals surface area contributed by atoms with Crippen LogP contribution in [0.5, 0.6) is 11.5 Å². The van der Waals surface area contributed by atoms with Gasteiger partial charge in [-0.25, -0.2) is 4.68 Å². The zero-order valence-corrected chi connectivity index (χ0v) is 19.2. The Morgan fingerprint density at radius 3 is 2.21 bits per heavy atom. The van der Waals surface area contributed by atoms with Gasteiger partial charge in [0.2, 0.25) is 0 Å². The number of para-hydroxylation sites is 1. The van der Waals surface area contributed by atoms with E-state index in [9.17, 15) is 9.59 Å². The number of carbonyl (C=O) groups is 2. The van der Waals surface area contributed by atoms with Gasteiger partial charge in [0.25, 0.3) is 11.8 Å². The molecule has 172 valence electrons. The molecule has 4 aromatic rings. The van der Waals surface area contributed by atoms with Crippen LogP contribution < -0.4 is 20.3 Å². The molecule has 4 rings (SSSR count). The van der Waals surface area contributed by atoms with Crippen molar-refractivity contribution in [1.29, 1.82) is 0 Å². The summed E-state index contributed by atoms with van der Waals surface area (Å²) in [4.78, 5) is 25.6. The molecule has 0 aliphatic rings. The second-order valence-electron chi connectivity index (χ2n) is 7.13. The quantitative estimate of drug-likeness (QED) is 0.405. The van der Waals surface area contributed by atoms with Gasteiger partial charge in [0, 0.05) is 17.8 Å². The van der Waals surface area contributed by atoms with Crippen LogP contribution in [-0.4, -0.2) is 35.8 Å².